The highest BCUT2D eigenvalue weighted by Crippen LogP contribution is 2.36. The normalized spacial score (nSPS) is 20.1. The SMILES string of the molecule is COC(=O)C1CCC(=O)N1C(C)c1cccc(Cl)c1Cl. The average Bonchev–Trinajstić information content (AvgIpc) is 2.82. The smallest absolute Gasteiger partial charge is 0.328 e. The first-order valence-corrected chi connectivity index (χ1v) is 7.06. The largest absolute Gasteiger partial charge is 0.467 e. The summed E-state index contributed by atoms with van der Waals surface area (Å²) in [6.45, 7) is 1.83. The highest BCUT2D eigenvalue weighted by atomic mass is 35.5. The van der Waals surface area contributed by atoms with Gasteiger partial charge in [-0.1, -0.05) is 35.3 Å². The molecule has 1 aliphatic rings. The summed E-state index contributed by atoms with van der Waals surface area (Å²) < 4.78 is 4.76. The lowest BCUT2D eigenvalue weighted by molar-refractivity contribution is -0.150. The molecule has 1 aliphatic heterocycles. The van der Waals surface area contributed by atoms with Gasteiger partial charge in [-0.05, 0) is 25.0 Å². The van der Waals surface area contributed by atoms with Gasteiger partial charge in [-0.2, -0.15) is 0 Å². The van der Waals surface area contributed by atoms with Crippen molar-refractivity contribution in [2.75, 3.05) is 7.11 Å². The van der Waals surface area contributed by atoms with Gasteiger partial charge in [0, 0.05) is 6.42 Å². The minimum Gasteiger partial charge on any atom is -0.467 e. The van der Waals surface area contributed by atoms with E-state index in [-0.39, 0.29) is 11.9 Å². The molecule has 20 heavy (non-hydrogen) atoms. The molecule has 0 radical (unpaired) electrons. The van der Waals surface area contributed by atoms with E-state index in [1.165, 1.54) is 12.0 Å². The zero-order valence-corrected chi connectivity index (χ0v) is 12.7. The van der Waals surface area contributed by atoms with Gasteiger partial charge in [-0.15, -0.1) is 0 Å². The van der Waals surface area contributed by atoms with Crippen LogP contribution in [0.15, 0.2) is 18.2 Å². The van der Waals surface area contributed by atoms with Crippen molar-refractivity contribution in [3.63, 3.8) is 0 Å². The maximum absolute atomic E-state index is 12.1. The van der Waals surface area contributed by atoms with Crippen molar-refractivity contribution < 1.29 is 14.3 Å². The first kappa shape index (κ1) is 15.1. The van der Waals surface area contributed by atoms with Crippen molar-refractivity contribution in [3.8, 4) is 0 Å². The predicted octanol–water partition coefficient (Wildman–Crippen LogP) is 3.22. The Morgan fingerprint density at radius 2 is 2.15 bits per heavy atom. The summed E-state index contributed by atoms with van der Waals surface area (Å²) in [6.07, 6.45) is 0.802. The van der Waals surface area contributed by atoms with E-state index in [2.05, 4.69) is 0 Å². The summed E-state index contributed by atoms with van der Waals surface area (Å²) in [5.41, 5.74) is 0.725. The molecule has 1 aromatic rings. The number of methoxy groups -OCH3 is 1. The molecule has 0 spiro atoms. The number of amides is 1. The zero-order valence-electron chi connectivity index (χ0n) is 11.2. The molecule has 4 nitrogen and oxygen atoms in total. The summed E-state index contributed by atoms with van der Waals surface area (Å²) >= 11 is 12.2. The maximum atomic E-state index is 12.1. The van der Waals surface area contributed by atoms with Crippen LogP contribution in [0.4, 0.5) is 0 Å². The van der Waals surface area contributed by atoms with Crippen LogP contribution in [0.2, 0.25) is 10.0 Å². The number of hydrogen-bond acceptors (Lipinski definition) is 3. The molecule has 0 aromatic heterocycles. The summed E-state index contributed by atoms with van der Waals surface area (Å²) in [5.74, 6) is -0.482. The van der Waals surface area contributed by atoms with Gasteiger partial charge in [-0.25, -0.2) is 4.79 Å². The Bertz CT molecular complexity index is 547. The number of hydrogen-bond donors (Lipinski definition) is 0. The van der Waals surface area contributed by atoms with E-state index in [1.807, 2.05) is 6.92 Å². The fourth-order valence-electron chi connectivity index (χ4n) is 2.55. The highest BCUT2D eigenvalue weighted by molar-refractivity contribution is 6.42. The standard InChI is InChI=1S/C14H15Cl2NO3/c1-8(9-4-3-5-10(15)13(9)16)17-11(14(19)20-2)6-7-12(17)18/h3-5,8,11H,6-7H2,1-2H3. The maximum Gasteiger partial charge on any atom is 0.328 e. The van der Waals surface area contributed by atoms with E-state index in [0.29, 0.717) is 22.9 Å². The molecule has 1 saturated heterocycles. The molecular formula is C14H15Cl2NO3. The second-order valence-electron chi connectivity index (χ2n) is 4.70. The van der Waals surface area contributed by atoms with Crippen molar-refractivity contribution >= 4 is 35.1 Å². The van der Waals surface area contributed by atoms with Crippen LogP contribution >= 0.6 is 23.2 Å². The monoisotopic (exact) mass is 315 g/mol. The quantitative estimate of drug-likeness (QED) is 0.805. The number of carbonyl (C=O) groups excluding carboxylic acids is 2. The first-order chi connectivity index (χ1) is 9.47. The third-order valence-electron chi connectivity index (χ3n) is 3.58. The zero-order chi connectivity index (χ0) is 14.9. The van der Waals surface area contributed by atoms with E-state index >= 15 is 0 Å². The number of rotatable bonds is 3. The van der Waals surface area contributed by atoms with Crippen LogP contribution in [0.3, 0.4) is 0 Å². The van der Waals surface area contributed by atoms with Crippen LogP contribution in [-0.2, 0) is 14.3 Å². The molecule has 1 aromatic carbocycles. The fourth-order valence-corrected chi connectivity index (χ4v) is 3.01. The van der Waals surface area contributed by atoms with Gasteiger partial charge in [0.15, 0.2) is 0 Å². The van der Waals surface area contributed by atoms with Crippen LogP contribution < -0.4 is 0 Å². The van der Waals surface area contributed by atoms with Gasteiger partial charge >= 0.3 is 5.97 Å². The lowest BCUT2D eigenvalue weighted by Gasteiger charge is -2.30. The second kappa shape index (κ2) is 6.02. The number of ether oxygens (including phenoxy) is 1. The highest BCUT2D eigenvalue weighted by Gasteiger charge is 2.40. The average molecular weight is 316 g/mol. The van der Waals surface area contributed by atoms with Crippen LogP contribution in [0.25, 0.3) is 0 Å². The van der Waals surface area contributed by atoms with E-state index in [4.69, 9.17) is 27.9 Å². The first-order valence-electron chi connectivity index (χ1n) is 6.30. The van der Waals surface area contributed by atoms with Crippen molar-refractivity contribution in [1.82, 2.24) is 4.90 Å². The second-order valence-corrected chi connectivity index (χ2v) is 5.48. The van der Waals surface area contributed by atoms with E-state index < -0.39 is 12.0 Å². The van der Waals surface area contributed by atoms with Crippen LogP contribution in [0.5, 0.6) is 0 Å². The van der Waals surface area contributed by atoms with Gasteiger partial charge in [0.05, 0.1) is 23.2 Å². The third-order valence-corrected chi connectivity index (χ3v) is 4.41. The molecule has 0 N–H and O–H groups in total. The number of nitrogens with zero attached hydrogens (tertiary/aromatic N) is 1. The Morgan fingerprint density at radius 3 is 2.80 bits per heavy atom. The van der Waals surface area contributed by atoms with Gasteiger partial charge in [0.25, 0.3) is 0 Å². The summed E-state index contributed by atoms with van der Waals surface area (Å²) in [7, 11) is 1.32. The van der Waals surface area contributed by atoms with E-state index in [1.54, 1.807) is 18.2 Å². The van der Waals surface area contributed by atoms with Crippen molar-refractivity contribution in [2.45, 2.75) is 31.8 Å². The Morgan fingerprint density at radius 1 is 1.45 bits per heavy atom. The summed E-state index contributed by atoms with van der Waals surface area (Å²) in [5, 5.41) is 0.835. The molecule has 2 rings (SSSR count). The molecule has 1 heterocycles. The van der Waals surface area contributed by atoms with Gasteiger partial charge in [-0.3, -0.25) is 4.79 Å². The number of esters is 1. The molecule has 2 atom stereocenters. The van der Waals surface area contributed by atoms with Crippen molar-refractivity contribution in [3.05, 3.63) is 33.8 Å². The Labute approximate surface area is 127 Å². The molecule has 0 aliphatic carbocycles. The van der Waals surface area contributed by atoms with Crippen molar-refractivity contribution in [1.29, 1.82) is 0 Å². The molecule has 6 heteroatoms. The minimum atomic E-state index is -0.558. The molecule has 1 amide bonds. The van der Waals surface area contributed by atoms with Crippen molar-refractivity contribution in [2.24, 2.45) is 0 Å². The molecule has 0 saturated carbocycles. The minimum absolute atomic E-state index is 0.0797. The Balaban J connectivity index is 2.35. The number of benzene rings is 1. The topological polar surface area (TPSA) is 46.6 Å². The van der Waals surface area contributed by atoms with E-state index in [9.17, 15) is 9.59 Å². The van der Waals surface area contributed by atoms with E-state index in [0.717, 1.165) is 5.56 Å². The Kier molecular flexibility index (Phi) is 4.55. The van der Waals surface area contributed by atoms with Crippen LogP contribution in [-0.4, -0.2) is 29.9 Å². The lowest BCUT2D eigenvalue weighted by Crippen LogP contribution is -2.41. The lowest BCUT2D eigenvalue weighted by atomic mass is 10.1. The third kappa shape index (κ3) is 2.63. The fraction of sp³-hybridized carbons (Fsp3) is 0.429. The predicted molar refractivity (Wildman–Crippen MR) is 76.8 cm³/mol. The van der Waals surface area contributed by atoms with Gasteiger partial charge in [0.1, 0.15) is 6.04 Å². The van der Waals surface area contributed by atoms with Crippen LogP contribution in [0.1, 0.15) is 31.4 Å². The van der Waals surface area contributed by atoms with Crippen LogP contribution in [0, 0.1) is 0 Å². The molecular weight excluding hydrogens is 301 g/mol. The van der Waals surface area contributed by atoms with Gasteiger partial charge in [0.2, 0.25) is 5.91 Å². The molecule has 2 unspecified atom stereocenters. The molecule has 1 fully saturated rings. The number of carbonyl (C=O) groups is 2. The van der Waals surface area contributed by atoms with Gasteiger partial charge < -0.3 is 9.64 Å². The number of halogens is 2. The molecule has 0 bridgehead atoms. The summed E-state index contributed by atoms with van der Waals surface area (Å²) in [6, 6.07) is 4.37. The summed E-state index contributed by atoms with van der Waals surface area (Å²) in [4.78, 5) is 25.4. The molecule has 108 valence electrons. The number of likely N-dealkylation sites (tertiary alicyclic amines) is 1. The Hall–Kier alpha value is -1.26.